The van der Waals surface area contributed by atoms with Gasteiger partial charge in [0.25, 0.3) is 0 Å². The molecule has 0 unspecified atom stereocenters. The summed E-state index contributed by atoms with van der Waals surface area (Å²) >= 11 is 0. The van der Waals surface area contributed by atoms with Gasteiger partial charge >= 0.3 is 5.97 Å². The number of carbonyl (C=O) groups is 3. The normalized spacial score (nSPS) is 14.8. The van der Waals surface area contributed by atoms with Crippen molar-refractivity contribution >= 4 is 23.5 Å². The average Bonchev–Trinajstić information content (AvgIpc) is 3.25. The van der Waals surface area contributed by atoms with E-state index >= 15 is 0 Å². The van der Waals surface area contributed by atoms with Gasteiger partial charge in [-0.3, -0.25) is 14.5 Å². The number of nitrogens with zero attached hydrogens (tertiary/aromatic N) is 2. The molecule has 8 nitrogen and oxygen atoms in total. The van der Waals surface area contributed by atoms with Gasteiger partial charge in [-0.1, -0.05) is 0 Å². The molecule has 2 aromatic rings. The predicted molar refractivity (Wildman–Crippen MR) is 108 cm³/mol. The summed E-state index contributed by atoms with van der Waals surface area (Å²) < 4.78 is 32.8. The summed E-state index contributed by atoms with van der Waals surface area (Å²) in [6, 6.07) is 6.68. The van der Waals surface area contributed by atoms with Gasteiger partial charge in [0.15, 0.2) is 11.6 Å². The third-order valence-corrected chi connectivity index (χ3v) is 5.14. The zero-order chi connectivity index (χ0) is 22.4. The maximum Gasteiger partial charge on any atom is 0.354 e. The van der Waals surface area contributed by atoms with Crippen LogP contribution >= 0.6 is 0 Å². The van der Waals surface area contributed by atoms with Gasteiger partial charge in [0, 0.05) is 37.1 Å². The number of carbonyl (C=O) groups excluding carboxylic acids is 3. The van der Waals surface area contributed by atoms with Crippen molar-refractivity contribution in [2.45, 2.75) is 18.9 Å². The van der Waals surface area contributed by atoms with Gasteiger partial charge in [-0.05, 0) is 37.1 Å². The number of hydrogen-bond donors (Lipinski definition) is 2. The van der Waals surface area contributed by atoms with Gasteiger partial charge in [0.1, 0.15) is 5.69 Å². The molecule has 0 spiro atoms. The Kier molecular flexibility index (Phi) is 7.35. The van der Waals surface area contributed by atoms with Crippen LogP contribution in [-0.4, -0.2) is 60.5 Å². The van der Waals surface area contributed by atoms with E-state index in [4.69, 9.17) is 4.74 Å². The number of anilines is 1. The molecule has 166 valence electrons. The molecule has 31 heavy (non-hydrogen) atoms. The fourth-order valence-electron chi connectivity index (χ4n) is 3.56. The minimum Gasteiger partial charge on any atom is -0.464 e. The topological polar surface area (TPSA) is 92.7 Å². The average molecular weight is 434 g/mol. The van der Waals surface area contributed by atoms with Gasteiger partial charge in [-0.15, -0.1) is 0 Å². The first-order valence-corrected chi connectivity index (χ1v) is 9.86. The largest absolute Gasteiger partial charge is 0.464 e. The number of piperidine rings is 1. The molecule has 3 rings (SSSR count). The first-order valence-electron chi connectivity index (χ1n) is 9.86. The molecule has 1 aliphatic rings. The fraction of sp³-hybridized carbons (Fsp3) is 0.381. The SMILES string of the molecule is COC(=O)c1cccn1C1CCN(CC(=O)NCC(=O)Nc2ccc(F)c(F)c2)CC1. The van der Waals surface area contributed by atoms with Crippen molar-refractivity contribution in [3.8, 4) is 0 Å². The molecule has 0 atom stereocenters. The molecule has 1 saturated heterocycles. The second-order valence-electron chi connectivity index (χ2n) is 7.25. The minimum absolute atomic E-state index is 0.108. The fourth-order valence-corrected chi connectivity index (χ4v) is 3.56. The van der Waals surface area contributed by atoms with Gasteiger partial charge in [-0.2, -0.15) is 0 Å². The number of nitrogens with one attached hydrogen (secondary N) is 2. The Hall–Kier alpha value is -3.27. The Morgan fingerprint density at radius 2 is 1.84 bits per heavy atom. The monoisotopic (exact) mass is 434 g/mol. The first-order chi connectivity index (χ1) is 14.9. The second kappa shape index (κ2) is 10.2. The van der Waals surface area contributed by atoms with E-state index in [-0.39, 0.29) is 36.7 Å². The quantitative estimate of drug-likeness (QED) is 0.650. The van der Waals surface area contributed by atoms with Crippen molar-refractivity contribution in [1.82, 2.24) is 14.8 Å². The second-order valence-corrected chi connectivity index (χ2v) is 7.25. The van der Waals surface area contributed by atoms with Crippen LogP contribution in [0.3, 0.4) is 0 Å². The molecule has 0 radical (unpaired) electrons. The first kappa shape index (κ1) is 22.4. The Labute approximate surface area is 178 Å². The standard InChI is InChI=1S/C21H24F2N4O4/c1-31-21(30)18-3-2-8-27(18)15-6-9-26(10-7-15)13-20(29)24-12-19(28)25-14-4-5-16(22)17(23)11-14/h2-5,8,11,15H,6-7,9-10,12-13H2,1H3,(H,24,29)(H,25,28). The number of esters is 1. The van der Waals surface area contributed by atoms with Crippen molar-refractivity contribution < 1.29 is 27.9 Å². The Balaban J connectivity index is 1.41. The highest BCUT2D eigenvalue weighted by atomic mass is 19.2. The molecule has 0 aliphatic carbocycles. The maximum absolute atomic E-state index is 13.2. The van der Waals surface area contributed by atoms with Crippen LogP contribution in [0.4, 0.5) is 14.5 Å². The lowest BCUT2D eigenvalue weighted by Crippen LogP contribution is -2.43. The van der Waals surface area contributed by atoms with Gasteiger partial charge < -0.3 is 19.9 Å². The molecule has 1 aliphatic heterocycles. The number of likely N-dealkylation sites (tertiary alicyclic amines) is 1. The molecular formula is C21H24F2N4O4. The van der Waals surface area contributed by atoms with Crippen LogP contribution in [0, 0.1) is 11.6 Å². The van der Waals surface area contributed by atoms with E-state index in [2.05, 4.69) is 10.6 Å². The highest BCUT2D eigenvalue weighted by Gasteiger charge is 2.24. The third kappa shape index (κ3) is 5.88. The number of hydrogen-bond acceptors (Lipinski definition) is 5. The van der Waals surface area contributed by atoms with Crippen LogP contribution in [0.5, 0.6) is 0 Å². The molecule has 1 aromatic heterocycles. The summed E-state index contributed by atoms with van der Waals surface area (Å²) in [5.41, 5.74) is 0.613. The molecule has 2 amide bonds. The van der Waals surface area contributed by atoms with E-state index < -0.39 is 17.5 Å². The third-order valence-electron chi connectivity index (χ3n) is 5.14. The molecule has 2 heterocycles. The summed E-state index contributed by atoms with van der Waals surface area (Å²) in [4.78, 5) is 37.9. The molecule has 1 fully saturated rings. The van der Waals surface area contributed by atoms with Crippen LogP contribution in [0.25, 0.3) is 0 Å². The summed E-state index contributed by atoms with van der Waals surface area (Å²) in [6.07, 6.45) is 3.38. The van der Waals surface area contributed by atoms with Crippen LogP contribution in [-0.2, 0) is 14.3 Å². The molecule has 0 bridgehead atoms. The zero-order valence-electron chi connectivity index (χ0n) is 17.1. The van der Waals surface area contributed by atoms with Gasteiger partial charge in [0.05, 0.1) is 20.2 Å². The number of aromatic nitrogens is 1. The highest BCUT2D eigenvalue weighted by Crippen LogP contribution is 2.24. The summed E-state index contributed by atoms with van der Waals surface area (Å²) in [7, 11) is 1.35. The molecular weight excluding hydrogens is 410 g/mol. The summed E-state index contributed by atoms with van der Waals surface area (Å²) in [5, 5.41) is 4.91. The van der Waals surface area contributed by atoms with E-state index in [1.807, 2.05) is 15.7 Å². The van der Waals surface area contributed by atoms with E-state index in [9.17, 15) is 23.2 Å². The maximum atomic E-state index is 13.2. The van der Waals surface area contributed by atoms with Crippen LogP contribution < -0.4 is 10.6 Å². The van der Waals surface area contributed by atoms with Crippen LogP contribution in [0.1, 0.15) is 29.4 Å². The number of rotatable bonds is 7. The minimum atomic E-state index is -1.07. The number of halogens is 2. The Morgan fingerprint density at radius 3 is 2.52 bits per heavy atom. The zero-order valence-corrected chi connectivity index (χ0v) is 17.1. The molecule has 1 aromatic carbocycles. The lowest BCUT2D eigenvalue weighted by Gasteiger charge is -2.32. The van der Waals surface area contributed by atoms with E-state index in [1.54, 1.807) is 12.1 Å². The number of methoxy groups -OCH3 is 1. The van der Waals surface area contributed by atoms with Crippen molar-refractivity contribution in [2.24, 2.45) is 0 Å². The summed E-state index contributed by atoms with van der Waals surface area (Å²) in [5.74, 6) is -3.30. The Morgan fingerprint density at radius 1 is 1.10 bits per heavy atom. The van der Waals surface area contributed by atoms with E-state index in [0.29, 0.717) is 18.8 Å². The van der Waals surface area contributed by atoms with E-state index in [0.717, 1.165) is 25.0 Å². The van der Waals surface area contributed by atoms with Crippen molar-refractivity contribution in [3.05, 3.63) is 53.9 Å². The van der Waals surface area contributed by atoms with Crippen molar-refractivity contribution in [3.63, 3.8) is 0 Å². The Bertz CT molecular complexity index is 955. The highest BCUT2D eigenvalue weighted by molar-refractivity contribution is 5.94. The lowest BCUT2D eigenvalue weighted by atomic mass is 10.0. The number of amides is 2. The van der Waals surface area contributed by atoms with Gasteiger partial charge in [-0.25, -0.2) is 13.6 Å². The van der Waals surface area contributed by atoms with Gasteiger partial charge in [0.2, 0.25) is 11.8 Å². The number of benzene rings is 1. The number of ether oxygens (including phenoxy) is 1. The van der Waals surface area contributed by atoms with Crippen LogP contribution in [0.2, 0.25) is 0 Å². The van der Waals surface area contributed by atoms with Crippen molar-refractivity contribution in [1.29, 1.82) is 0 Å². The molecule has 10 heteroatoms. The van der Waals surface area contributed by atoms with E-state index in [1.165, 1.54) is 13.2 Å². The molecule has 0 saturated carbocycles. The lowest BCUT2D eigenvalue weighted by molar-refractivity contribution is -0.125. The van der Waals surface area contributed by atoms with Crippen molar-refractivity contribution in [2.75, 3.05) is 38.6 Å². The smallest absolute Gasteiger partial charge is 0.354 e. The van der Waals surface area contributed by atoms with Crippen LogP contribution in [0.15, 0.2) is 36.5 Å². The predicted octanol–water partition coefficient (Wildman–Crippen LogP) is 1.94. The summed E-state index contributed by atoms with van der Waals surface area (Å²) in [6.45, 7) is 1.19. The molecule has 2 N–H and O–H groups in total.